The molecule has 0 bridgehead atoms. The summed E-state index contributed by atoms with van der Waals surface area (Å²) in [6.07, 6.45) is 0. The number of rotatable bonds is 7. The van der Waals surface area contributed by atoms with Gasteiger partial charge in [0.1, 0.15) is 0 Å². The maximum absolute atomic E-state index is 12.9. The molecule has 146 valence electrons. The number of hydrogen-bond donors (Lipinski definition) is 3. The van der Waals surface area contributed by atoms with Crippen molar-refractivity contribution in [2.24, 2.45) is 0 Å². The van der Waals surface area contributed by atoms with Crippen molar-refractivity contribution in [2.45, 2.75) is 19.4 Å². The summed E-state index contributed by atoms with van der Waals surface area (Å²) in [4.78, 5) is 23.5. The van der Waals surface area contributed by atoms with E-state index in [4.69, 9.17) is 5.11 Å². The van der Waals surface area contributed by atoms with Gasteiger partial charge in [-0.05, 0) is 34.9 Å². The van der Waals surface area contributed by atoms with E-state index >= 15 is 0 Å². The molecule has 0 heterocycles. The third-order valence-electron chi connectivity index (χ3n) is 4.55. The molecule has 3 rings (SSSR count). The fourth-order valence-corrected chi connectivity index (χ4v) is 3.11. The summed E-state index contributed by atoms with van der Waals surface area (Å²) < 4.78 is 0. The van der Waals surface area contributed by atoms with Crippen LogP contribution in [0, 0.1) is 0 Å². The van der Waals surface area contributed by atoms with E-state index in [1.54, 1.807) is 0 Å². The zero-order chi connectivity index (χ0) is 19.2. The van der Waals surface area contributed by atoms with Crippen LogP contribution in [0.5, 0.6) is 0 Å². The molecular formula is C22H23ClN2O3. The number of hydrogen-bond acceptors (Lipinski definition) is 3. The van der Waals surface area contributed by atoms with Crippen LogP contribution in [0.4, 0.5) is 5.69 Å². The van der Waals surface area contributed by atoms with E-state index in [1.807, 2.05) is 73.7 Å². The maximum Gasteiger partial charge on any atom is 0.317 e. The Morgan fingerprint density at radius 1 is 0.964 bits per heavy atom. The highest BCUT2D eigenvalue weighted by molar-refractivity contribution is 5.99. The van der Waals surface area contributed by atoms with Gasteiger partial charge >= 0.3 is 5.97 Å². The molecule has 0 spiro atoms. The van der Waals surface area contributed by atoms with E-state index in [-0.39, 0.29) is 30.8 Å². The molecule has 1 unspecified atom stereocenters. The van der Waals surface area contributed by atoms with Gasteiger partial charge in [-0.1, -0.05) is 60.7 Å². The molecule has 0 aliphatic heterocycles. The smallest absolute Gasteiger partial charge is 0.317 e. The molecule has 0 radical (unpaired) electrons. The van der Waals surface area contributed by atoms with Crippen LogP contribution in [0.25, 0.3) is 10.8 Å². The molecule has 0 fully saturated rings. The Bertz CT molecular complexity index is 969. The molecule has 0 aromatic heterocycles. The Morgan fingerprint density at radius 3 is 2.43 bits per heavy atom. The highest BCUT2D eigenvalue weighted by Gasteiger charge is 2.18. The lowest BCUT2D eigenvalue weighted by molar-refractivity contribution is -0.136. The van der Waals surface area contributed by atoms with Gasteiger partial charge in [0.15, 0.2) is 0 Å². The number of para-hydroxylation sites is 1. The van der Waals surface area contributed by atoms with Gasteiger partial charge in [-0.2, -0.15) is 0 Å². The number of amides is 1. The predicted molar refractivity (Wildman–Crippen MR) is 114 cm³/mol. The number of fused-ring (bicyclic) bond motifs is 1. The van der Waals surface area contributed by atoms with E-state index in [0.29, 0.717) is 12.2 Å². The van der Waals surface area contributed by atoms with Crippen molar-refractivity contribution < 1.29 is 14.7 Å². The molecule has 28 heavy (non-hydrogen) atoms. The number of carboxylic acid groups (broad SMARTS) is 1. The molecule has 3 N–H and O–H groups in total. The van der Waals surface area contributed by atoms with Gasteiger partial charge in [0.25, 0.3) is 0 Å². The third-order valence-corrected chi connectivity index (χ3v) is 4.55. The van der Waals surface area contributed by atoms with Gasteiger partial charge < -0.3 is 15.7 Å². The fourth-order valence-electron chi connectivity index (χ4n) is 3.11. The lowest BCUT2D eigenvalue weighted by Gasteiger charge is -2.17. The van der Waals surface area contributed by atoms with Crippen LogP contribution < -0.4 is 10.6 Å². The molecular weight excluding hydrogens is 376 g/mol. The number of carbonyl (C=O) groups excluding carboxylic acids is 1. The van der Waals surface area contributed by atoms with Crippen molar-refractivity contribution in [3.05, 3.63) is 77.9 Å². The van der Waals surface area contributed by atoms with Gasteiger partial charge in [0, 0.05) is 12.2 Å². The summed E-state index contributed by atoms with van der Waals surface area (Å²) in [5.41, 5.74) is 2.51. The zero-order valence-corrected chi connectivity index (χ0v) is 16.3. The minimum atomic E-state index is -0.916. The topological polar surface area (TPSA) is 78.4 Å². The van der Waals surface area contributed by atoms with E-state index in [1.165, 1.54) is 0 Å². The van der Waals surface area contributed by atoms with E-state index in [9.17, 15) is 9.59 Å². The highest BCUT2D eigenvalue weighted by atomic mass is 35.5. The Labute approximate surface area is 170 Å². The van der Waals surface area contributed by atoms with Crippen molar-refractivity contribution >= 4 is 40.7 Å². The highest BCUT2D eigenvalue weighted by Crippen LogP contribution is 2.27. The molecule has 1 amide bonds. The molecule has 0 saturated carbocycles. The molecule has 3 aromatic carbocycles. The number of nitrogens with one attached hydrogen (secondary N) is 2. The third kappa shape index (κ3) is 5.09. The van der Waals surface area contributed by atoms with Crippen molar-refractivity contribution in [3.8, 4) is 0 Å². The number of anilines is 1. The van der Waals surface area contributed by atoms with Gasteiger partial charge in [-0.15, -0.1) is 12.4 Å². The first-order valence-electron chi connectivity index (χ1n) is 8.85. The molecule has 0 aliphatic carbocycles. The zero-order valence-electron chi connectivity index (χ0n) is 15.5. The molecule has 0 aliphatic rings. The van der Waals surface area contributed by atoms with Crippen molar-refractivity contribution in [3.63, 3.8) is 0 Å². The monoisotopic (exact) mass is 398 g/mol. The molecule has 0 saturated heterocycles. The number of carboxylic acids is 1. The number of carbonyl (C=O) groups is 2. The summed E-state index contributed by atoms with van der Waals surface area (Å²) >= 11 is 0. The van der Waals surface area contributed by atoms with E-state index < -0.39 is 5.97 Å². The lowest BCUT2D eigenvalue weighted by atomic mass is 9.94. The quantitative estimate of drug-likeness (QED) is 0.558. The lowest BCUT2D eigenvalue weighted by Crippen LogP contribution is -2.24. The Kier molecular flexibility index (Phi) is 7.55. The average Bonchev–Trinajstić information content (AvgIpc) is 2.68. The predicted octanol–water partition coefficient (Wildman–Crippen LogP) is 4.18. The SMILES string of the molecule is CC(C(=O)Nc1ccccc1CNCC(=O)O)c1cccc2ccccc12.Cl. The van der Waals surface area contributed by atoms with Crippen LogP contribution in [-0.2, 0) is 16.1 Å². The Morgan fingerprint density at radius 2 is 1.64 bits per heavy atom. The number of benzene rings is 3. The second-order valence-corrected chi connectivity index (χ2v) is 6.43. The summed E-state index contributed by atoms with van der Waals surface area (Å²) in [7, 11) is 0. The Balaban J connectivity index is 0.00000280. The van der Waals surface area contributed by atoms with Crippen LogP contribution in [0.2, 0.25) is 0 Å². The van der Waals surface area contributed by atoms with Gasteiger partial charge in [0.05, 0.1) is 12.5 Å². The summed E-state index contributed by atoms with van der Waals surface area (Å²) in [5, 5.41) is 16.8. The second-order valence-electron chi connectivity index (χ2n) is 6.43. The summed E-state index contributed by atoms with van der Waals surface area (Å²) in [6.45, 7) is 2.13. The molecule has 1 atom stereocenters. The first kappa shape index (κ1) is 21.4. The molecule has 6 heteroatoms. The normalized spacial score (nSPS) is 11.5. The number of aliphatic carboxylic acids is 1. The van der Waals surface area contributed by atoms with Crippen LogP contribution in [0.3, 0.4) is 0 Å². The van der Waals surface area contributed by atoms with Crippen LogP contribution in [0.1, 0.15) is 24.0 Å². The van der Waals surface area contributed by atoms with Gasteiger partial charge in [0.2, 0.25) is 5.91 Å². The summed E-state index contributed by atoms with van der Waals surface area (Å²) in [5.74, 6) is -1.34. The van der Waals surface area contributed by atoms with Gasteiger partial charge in [-0.25, -0.2) is 0 Å². The van der Waals surface area contributed by atoms with Crippen LogP contribution in [-0.4, -0.2) is 23.5 Å². The standard InChI is InChI=1S/C22H22N2O3.ClH/c1-15(18-11-6-9-16-7-2-4-10-19(16)18)22(27)24-20-12-5-3-8-17(20)13-23-14-21(25)26;/h2-12,15,23H,13-14H2,1H3,(H,24,27)(H,25,26);1H. The largest absolute Gasteiger partial charge is 0.480 e. The Hall–Kier alpha value is -2.89. The molecule has 5 nitrogen and oxygen atoms in total. The number of halogens is 1. The minimum absolute atomic E-state index is 0. The van der Waals surface area contributed by atoms with Crippen LogP contribution in [0.15, 0.2) is 66.7 Å². The van der Waals surface area contributed by atoms with Crippen molar-refractivity contribution in [1.29, 1.82) is 0 Å². The first-order chi connectivity index (χ1) is 13.1. The van der Waals surface area contributed by atoms with Crippen molar-refractivity contribution in [2.75, 3.05) is 11.9 Å². The maximum atomic E-state index is 12.9. The molecule has 3 aromatic rings. The van der Waals surface area contributed by atoms with Gasteiger partial charge in [-0.3, -0.25) is 9.59 Å². The van der Waals surface area contributed by atoms with Crippen molar-refractivity contribution in [1.82, 2.24) is 5.32 Å². The van der Waals surface area contributed by atoms with E-state index in [0.717, 1.165) is 21.9 Å². The summed E-state index contributed by atoms with van der Waals surface area (Å²) in [6, 6.07) is 21.4. The minimum Gasteiger partial charge on any atom is -0.480 e. The van der Waals surface area contributed by atoms with Crippen LogP contribution >= 0.6 is 12.4 Å². The van der Waals surface area contributed by atoms with E-state index in [2.05, 4.69) is 10.6 Å². The second kappa shape index (κ2) is 9.88. The first-order valence-corrected chi connectivity index (χ1v) is 8.85. The fraction of sp³-hybridized carbons (Fsp3) is 0.182. The average molecular weight is 399 g/mol.